The average Bonchev–Trinajstić information content (AvgIpc) is 2.71. The van der Waals surface area contributed by atoms with Gasteiger partial charge in [0, 0.05) is 19.5 Å². The van der Waals surface area contributed by atoms with E-state index in [1.807, 2.05) is 0 Å². The highest BCUT2D eigenvalue weighted by molar-refractivity contribution is 6.21. The number of hydrogen-bond acceptors (Lipinski definition) is 4. The van der Waals surface area contributed by atoms with Crippen LogP contribution in [0.5, 0.6) is 0 Å². The fourth-order valence-corrected chi connectivity index (χ4v) is 2.26. The van der Waals surface area contributed by atoms with Crippen molar-refractivity contribution in [1.82, 2.24) is 4.90 Å². The average molecular weight is 323 g/mol. The quantitative estimate of drug-likeness (QED) is 0.349. The van der Waals surface area contributed by atoms with Gasteiger partial charge in [-0.3, -0.25) is 19.3 Å². The number of fused-ring (bicyclic) bond motifs is 1. The molecule has 0 N–H and O–H groups in total. The van der Waals surface area contributed by atoms with Crippen LogP contribution in [0.15, 0.2) is 36.4 Å². The second-order valence-corrected chi connectivity index (χ2v) is 5.01. The minimum absolute atomic E-state index is 0.135. The van der Waals surface area contributed by atoms with Crippen LogP contribution in [0.2, 0.25) is 0 Å². The molecule has 23 heavy (non-hydrogen) atoms. The number of alkyl halides is 2. The van der Waals surface area contributed by atoms with Gasteiger partial charge in [0.1, 0.15) is 0 Å². The minimum atomic E-state index is -3.65. The second kappa shape index (κ2) is 6.68. The zero-order valence-corrected chi connectivity index (χ0v) is 12.4. The van der Waals surface area contributed by atoms with Gasteiger partial charge >= 0.3 is 12.1 Å². The number of carbonyl (C=O) groups is 3. The number of unbranched alkanes of at least 4 members (excludes halogenated alkanes) is 1. The van der Waals surface area contributed by atoms with Crippen molar-refractivity contribution >= 4 is 17.8 Å². The van der Waals surface area contributed by atoms with E-state index in [9.17, 15) is 23.2 Å². The third-order valence-electron chi connectivity index (χ3n) is 3.22. The van der Waals surface area contributed by atoms with E-state index in [2.05, 4.69) is 4.74 Å². The van der Waals surface area contributed by atoms with Crippen LogP contribution < -0.4 is 0 Å². The second-order valence-electron chi connectivity index (χ2n) is 5.01. The number of imide groups is 1. The molecule has 1 aliphatic rings. The lowest BCUT2D eigenvalue weighted by Crippen LogP contribution is -2.30. The number of carbonyl (C=O) groups excluding carboxylic acids is 3. The SMILES string of the molecule is CC(=O)OC(F)(F)/C=C/CCCN1C(=O)c2ccccc2C1=O. The smallest absolute Gasteiger partial charge is 0.398 e. The van der Waals surface area contributed by atoms with Gasteiger partial charge in [0.2, 0.25) is 0 Å². The molecule has 1 aromatic carbocycles. The summed E-state index contributed by atoms with van der Waals surface area (Å²) in [6.07, 6.45) is -1.47. The zero-order chi connectivity index (χ0) is 17.0. The van der Waals surface area contributed by atoms with E-state index in [-0.39, 0.29) is 24.8 Å². The summed E-state index contributed by atoms with van der Waals surface area (Å²) in [5.74, 6) is -1.83. The number of benzene rings is 1. The van der Waals surface area contributed by atoms with Crippen LogP contribution in [0.1, 0.15) is 40.5 Å². The first-order chi connectivity index (χ1) is 10.8. The molecule has 5 nitrogen and oxygen atoms in total. The number of rotatable bonds is 6. The molecule has 0 fully saturated rings. The maximum Gasteiger partial charge on any atom is 0.421 e. The van der Waals surface area contributed by atoms with Gasteiger partial charge in [-0.05, 0) is 25.0 Å². The molecule has 1 heterocycles. The van der Waals surface area contributed by atoms with Crippen molar-refractivity contribution in [3.8, 4) is 0 Å². The van der Waals surface area contributed by atoms with Crippen molar-refractivity contribution in [1.29, 1.82) is 0 Å². The summed E-state index contributed by atoms with van der Waals surface area (Å²) < 4.78 is 29.9. The van der Waals surface area contributed by atoms with Gasteiger partial charge in [0.25, 0.3) is 11.8 Å². The Balaban J connectivity index is 1.85. The van der Waals surface area contributed by atoms with Crippen LogP contribution in [0, 0.1) is 0 Å². The molecule has 1 aliphatic heterocycles. The third-order valence-corrected chi connectivity index (χ3v) is 3.22. The number of amides is 2. The maximum absolute atomic E-state index is 13.1. The van der Waals surface area contributed by atoms with Crippen LogP contribution in [-0.4, -0.2) is 35.3 Å². The van der Waals surface area contributed by atoms with Crippen LogP contribution in [0.4, 0.5) is 8.78 Å². The highest BCUT2D eigenvalue weighted by Gasteiger charge is 2.34. The maximum atomic E-state index is 13.1. The summed E-state index contributed by atoms with van der Waals surface area (Å²) in [6, 6.07) is 6.50. The van der Waals surface area contributed by atoms with Gasteiger partial charge in [-0.2, -0.15) is 8.78 Å². The van der Waals surface area contributed by atoms with E-state index in [0.29, 0.717) is 23.6 Å². The van der Waals surface area contributed by atoms with E-state index in [1.165, 1.54) is 0 Å². The lowest BCUT2D eigenvalue weighted by atomic mass is 10.1. The normalized spacial score (nSPS) is 14.5. The molecule has 2 amide bonds. The first-order valence-electron chi connectivity index (χ1n) is 7.02. The van der Waals surface area contributed by atoms with Gasteiger partial charge < -0.3 is 4.74 Å². The van der Waals surface area contributed by atoms with Crippen molar-refractivity contribution in [3.05, 3.63) is 47.5 Å². The lowest BCUT2D eigenvalue weighted by molar-refractivity contribution is -0.205. The Kier molecular flexibility index (Phi) is 4.88. The third kappa shape index (κ3) is 4.00. The Bertz CT molecular complexity index is 635. The Morgan fingerprint density at radius 3 is 2.30 bits per heavy atom. The topological polar surface area (TPSA) is 63.7 Å². The fourth-order valence-electron chi connectivity index (χ4n) is 2.26. The number of nitrogens with zero attached hydrogens (tertiary/aromatic N) is 1. The van der Waals surface area contributed by atoms with E-state index < -0.39 is 12.1 Å². The highest BCUT2D eigenvalue weighted by atomic mass is 19.3. The summed E-state index contributed by atoms with van der Waals surface area (Å²) in [6.45, 7) is 1.03. The Morgan fingerprint density at radius 1 is 1.22 bits per heavy atom. The molecule has 0 saturated carbocycles. The lowest BCUT2D eigenvalue weighted by Gasteiger charge is -2.13. The molecule has 1 aromatic rings. The Hall–Kier alpha value is -2.57. The molecular weight excluding hydrogens is 308 g/mol. The first kappa shape index (κ1) is 16.8. The van der Waals surface area contributed by atoms with Gasteiger partial charge in [-0.1, -0.05) is 18.2 Å². The van der Waals surface area contributed by atoms with Crippen molar-refractivity contribution in [3.63, 3.8) is 0 Å². The molecule has 2 rings (SSSR count). The minimum Gasteiger partial charge on any atom is -0.398 e. The fraction of sp³-hybridized carbons (Fsp3) is 0.312. The predicted octanol–water partition coefficient (Wildman–Crippen LogP) is 2.77. The van der Waals surface area contributed by atoms with Crippen LogP contribution >= 0.6 is 0 Å². The van der Waals surface area contributed by atoms with E-state index >= 15 is 0 Å². The van der Waals surface area contributed by atoms with E-state index in [4.69, 9.17) is 0 Å². The monoisotopic (exact) mass is 323 g/mol. The molecule has 0 spiro atoms. The molecule has 0 atom stereocenters. The summed E-state index contributed by atoms with van der Waals surface area (Å²) in [4.78, 5) is 35.7. The van der Waals surface area contributed by atoms with Gasteiger partial charge in [-0.25, -0.2) is 0 Å². The Labute approximate surface area is 131 Å². The summed E-state index contributed by atoms with van der Waals surface area (Å²) >= 11 is 0. The molecule has 7 heteroatoms. The van der Waals surface area contributed by atoms with Gasteiger partial charge in [0.15, 0.2) is 0 Å². The zero-order valence-electron chi connectivity index (χ0n) is 12.4. The first-order valence-corrected chi connectivity index (χ1v) is 7.02. The molecule has 0 saturated heterocycles. The Morgan fingerprint density at radius 2 is 1.78 bits per heavy atom. The number of allylic oxidation sites excluding steroid dienone is 1. The molecular formula is C16H15F2NO4. The molecule has 122 valence electrons. The number of ether oxygens (including phenoxy) is 1. The van der Waals surface area contributed by atoms with Crippen LogP contribution in [0.25, 0.3) is 0 Å². The highest BCUT2D eigenvalue weighted by Crippen LogP contribution is 2.23. The van der Waals surface area contributed by atoms with Crippen molar-refractivity contribution in [2.75, 3.05) is 6.54 Å². The van der Waals surface area contributed by atoms with Crippen LogP contribution in [-0.2, 0) is 9.53 Å². The summed E-state index contributed by atoms with van der Waals surface area (Å²) in [5, 5.41) is 0. The molecule has 0 unspecified atom stereocenters. The van der Waals surface area contributed by atoms with Gasteiger partial charge in [0.05, 0.1) is 11.1 Å². The molecule has 0 aromatic heterocycles. The van der Waals surface area contributed by atoms with Crippen molar-refractivity contribution in [2.45, 2.75) is 25.9 Å². The standard InChI is InChI=1S/C16H15F2NO4/c1-11(20)23-16(17,18)9-5-2-6-10-19-14(21)12-7-3-4-8-13(12)15(19)22/h3-5,7-9H,2,6,10H2,1H3/b9-5+. The summed E-state index contributed by atoms with van der Waals surface area (Å²) in [5.41, 5.74) is 0.712. The van der Waals surface area contributed by atoms with Crippen molar-refractivity contribution in [2.24, 2.45) is 0 Å². The number of hydrogen-bond donors (Lipinski definition) is 0. The molecule has 0 radical (unpaired) electrons. The largest absolute Gasteiger partial charge is 0.421 e. The van der Waals surface area contributed by atoms with Gasteiger partial charge in [-0.15, -0.1) is 0 Å². The predicted molar refractivity (Wildman–Crippen MR) is 76.9 cm³/mol. The molecule has 0 bridgehead atoms. The van der Waals surface area contributed by atoms with E-state index in [0.717, 1.165) is 17.9 Å². The molecule has 0 aliphatic carbocycles. The van der Waals surface area contributed by atoms with Crippen LogP contribution in [0.3, 0.4) is 0 Å². The number of esters is 1. The summed E-state index contributed by atoms with van der Waals surface area (Å²) in [7, 11) is 0. The number of halogens is 2. The van der Waals surface area contributed by atoms with E-state index in [1.54, 1.807) is 24.3 Å². The van der Waals surface area contributed by atoms with Crippen molar-refractivity contribution < 1.29 is 27.9 Å².